The summed E-state index contributed by atoms with van der Waals surface area (Å²) >= 11 is 0. The smallest absolute Gasteiger partial charge is 0.303 e. The van der Waals surface area contributed by atoms with Crippen molar-refractivity contribution in [1.82, 2.24) is 0 Å². The molecule has 0 spiro atoms. The molecule has 0 saturated heterocycles. The van der Waals surface area contributed by atoms with Crippen molar-refractivity contribution in [2.75, 3.05) is 0 Å². The van der Waals surface area contributed by atoms with Gasteiger partial charge in [-0.3, -0.25) is 4.79 Å². The molecule has 0 aromatic heterocycles. The zero-order valence-electron chi connectivity index (χ0n) is 10.3. The number of esters is 1. The van der Waals surface area contributed by atoms with Crippen molar-refractivity contribution in [3.63, 3.8) is 0 Å². The van der Waals surface area contributed by atoms with Gasteiger partial charge in [0.15, 0.2) is 0 Å². The standard InChI is InChI=1S/C13H24O2/c1-4-5-8-12-9-6-7-10-13(12,3)15-11(2)14/h12H,4-10H2,1-3H3. The minimum Gasteiger partial charge on any atom is -0.459 e. The van der Waals surface area contributed by atoms with E-state index in [9.17, 15) is 4.79 Å². The lowest BCUT2D eigenvalue weighted by atomic mass is 9.74. The van der Waals surface area contributed by atoms with E-state index in [1.54, 1.807) is 0 Å². The molecule has 0 amide bonds. The van der Waals surface area contributed by atoms with Gasteiger partial charge in [0.2, 0.25) is 0 Å². The van der Waals surface area contributed by atoms with Gasteiger partial charge in [0.1, 0.15) is 5.60 Å². The van der Waals surface area contributed by atoms with Crippen molar-refractivity contribution in [2.45, 2.75) is 71.3 Å². The highest BCUT2D eigenvalue weighted by molar-refractivity contribution is 5.66. The van der Waals surface area contributed by atoms with Crippen LogP contribution in [0.5, 0.6) is 0 Å². The molecule has 1 aliphatic carbocycles. The third kappa shape index (κ3) is 3.51. The second-order valence-electron chi connectivity index (χ2n) is 4.99. The Morgan fingerprint density at radius 2 is 2.20 bits per heavy atom. The Balaban J connectivity index is 2.58. The third-order valence-electron chi connectivity index (χ3n) is 3.62. The summed E-state index contributed by atoms with van der Waals surface area (Å²) in [6, 6.07) is 0. The number of ether oxygens (including phenoxy) is 1. The second kappa shape index (κ2) is 5.53. The summed E-state index contributed by atoms with van der Waals surface area (Å²) in [5.41, 5.74) is -0.181. The van der Waals surface area contributed by atoms with E-state index >= 15 is 0 Å². The average Bonchev–Trinajstić information content (AvgIpc) is 2.15. The molecule has 15 heavy (non-hydrogen) atoms. The lowest BCUT2D eigenvalue weighted by molar-refractivity contribution is -0.165. The molecule has 2 unspecified atom stereocenters. The highest BCUT2D eigenvalue weighted by atomic mass is 16.6. The van der Waals surface area contributed by atoms with Crippen LogP contribution in [0.3, 0.4) is 0 Å². The average molecular weight is 212 g/mol. The molecule has 2 nitrogen and oxygen atoms in total. The van der Waals surface area contributed by atoms with Crippen LogP contribution in [0.1, 0.15) is 65.7 Å². The van der Waals surface area contributed by atoms with E-state index in [4.69, 9.17) is 4.74 Å². The van der Waals surface area contributed by atoms with E-state index in [-0.39, 0.29) is 11.6 Å². The van der Waals surface area contributed by atoms with E-state index in [1.165, 1.54) is 45.4 Å². The molecule has 0 aromatic carbocycles. The summed E-state index contributed by atoms with van der Waals surface area (Å²) in [6.07, 6.45) is 8.46. The van der Waals surface area contributed by atoms with E-state index < -0.39 is 0 Å². The van der Waals surface area contributed by atoms with Crippen LogP contribution in [0, 0.1) is 5.92 Å². The van der Waals surface area contributed by atoms with Gasteiger partial charge in [0, 0.05) is 6.92 Å². The molecule has 1 aliphatic rings. The first-order valence-corrected chi connectivity index (χ1v) is 6.28. The predicted octanol–water partition coefficient (Wildman–Crippen LogP) is 3.69. The van der Waals surface area contributed by atoms with Gasteiger partial charge in [-0.1, -0.05) is 26.2 Å². The number of carbonyl (C=O) groups is 1. The first-order chi connectivity index (χ1) is 7.08. The first kappa shape index (κ1) is 12.5. The Kier molecular flexibility index (Phi) is 4.62. The van der Waals surface area contributed by atoms with E-state index in [0.717, 1.165) is 6.42 Å². The summed E-state index contributed by atoms with van der Waals surface area (Å²) in [7, 11) is 0. The van der Waals surface area contributed by atoms with Crippen molar-refractivity contribution in [2.24, 2.45) is 5.92 Å². The number of carbonyl (C=O) groups excluding carboxylic acids is 1. The zero-order valence-corrected chi connectivity index (χ0v) is 10.3. The van der Waals surface area contributed by atoms with Crippen molar-refractivity contribution in [1.29, 1.82) is 0 Å². The van der Waals surface area contributed by atoms with Crippen molar-refractivity contribution < 1.29 is 9.53 Å². The number of hydrogen-bond donors (Lipinski definition) is 0. The van der Waals surface area contributed by atoms with Crippen LogP contribution in [-0.4, -0.2) is 11.6 Å². The molecule has 2 atom stereocenters. The Labute approximate surface area is 93.4 Å². The molecule has 2 heteroatoms. The van der Waals surface area contributed by atoms with Crippen LogP contribution in [-0.2, 0) is 9.53 Å². The van der Waals surface area contributed by atoms with Crippen molar-refractivity contribution >= 4 is 5.97 Å². The summed E-state index contributed by atoms with van der Waals surface area (Å²) in [5, 5.41) is 0. The molecule has 0 aliphatic heterocycles. The van der Waals surface area contributed by atoms with Gasteiger partial charge in [0.05, 0.1) is 0 Å². The maximum absolute atomic E-state index is 11.1. The highest BCUT2D eigenvalue weighted by Gasteiger charge is 2.38. The second-order valence-corrected chi connectivity index (χ2v) is 4.99. The molecular formula is C13H24O2. The number of unbranched alkanes of at least 4 members (excludes halogenated alkanes) is 1. The van der Waals surface area contributed by atoms with Crippen molar-refractivity contribution in [3.8, 4) is 0 Å². The van der Waals surface area contributed by atoms with Gasteiger partial charge in [-0.2, -0.15) is 0 Å². The Hall–Kier alpha value is -0.530. The topological polar surface area (TPSA) is 26.3 Å². The van der Waals surface area contributed by atoms with Crippen LogP contribution in [0.4, 0.5) is 0 Å². The molecule has 1 rings (SSSR count). The van der Waals surface area contributed by atoms with Crippen LogP contribution < -0.4 is 0 Å². The van der Waals surface area contributed by atoms with Gasteiger partial charge in [-0.25, -0.2) is 0 Å². The molecule has 88 valence electrons. The Morgan fingerprint density at radius 3 is 2.80 bits per heavy atom. The van der Waals surface area contributed by atoms with Crippen LogP contribution >= 0.6 is 0 Å². The monoisotopic (exact) mass is 212 g/mol. The zero-order chi connectivity index (χ0) is 11.3. The minimum atomic E-state index is -0.181. The lowest BCUT2D eigenvalue weighted by Gasteiger charge is -2.40. The molecule has 0 N–H and O–H groups in total. The fourth-order valence-corrected chi connectivity index (χ4v) is 2.74. The molecule has 0 bridgehead atoms. The summed E-state index contributed by atoms with van der Waals surface area (Å²) in [6.45, 7) is 5.86. The minimum absolute atomic E-state index is 0.124. The molecule has 0 radical (unpaired) electrons. The molecule has 1 fully saturated rings. The van der Waals surface area contributed by atoms with Gasteiger partial charge in [-0.05, 0) is 38.5 Å². The molecule has 0 aromatic rings. The van der Waals surface area contributed by atoms with E-state index in [2.05, 4.69) is 13.8 Å². The maximum atomic E-state index is 11.1. The van der Waals surface area contributed by atoms with Gasteiger partial charge in [0.25, 0.3) is 0 Å². The summed E-state index contributed by atoms with van der Waals surface area (Å²) < 4.78 is 5.55. The van der Waals surface area contributed by atoms with Gasteiger partial charge >= 0.3 is 5.97 Å². The Bertz CT molecular complexity index is 213. The summed E-state index contributed by atoms with van der Waals surface area (Å²) in [5.74, 6) is 0.455. The third-order valence-corrected chi connectivity index (χ3v) is 3.62. The van der Waals surface area contributed by atoms with E-state index in [1.807, 2.05) is 0 Å². The molecule has 1 saturated carbocycles. The van der Waals surface area contributed by atoms with Gasteiger partial charge in [-0.15, -0.1) is 0 Å². The number of rotatable bonds is 4. The predicted molar refractivity (Wildman–Crippen MR) is 61.7 cm³/mol. The molecular weight excluding hydrogens is 188 g/mol. The normalized spacial score (nSPS) is 31.3. The van der Waals surface area contributed by atoms with Crippen LogP contribution in [0.2, 0.25) is 0 Å². The van der Waals surface area contributed by atoms with Crippen LogP contribution in [0.15, 0.2) is 0 Å². The molecule has 0 heterocycles. The quantitative estimate of drug-likeness (QED) is 0.664. The first-order valence-electron chi connectivity index (χ1n) is 6.28. The van der Waals surface area contributed by atoms with Gasteiger partial charge < -0.3 is 4.74 Å². The SMILES string of the molecule is CCCCC1CCCCC1(C)OC(C)=O. The Morgan fingerprint density at radius 1 is 1.47 bits per heavy atom. The maximum Gasteiger partial charge on any atom is 0.303 e. The summed E-state index contributed by atoms with van der Waals surface area (Å²) in [4.78, 5) is 11.1. The lowest BCUT2D eigenvalue weighted by Crippen LogP contribution is -2.41. The fourth-order valence-electron chi connectivity index (χ4n) is 2.74. The van der Waals surface area contributed by atoms with E-state index in [0.29, 0.717) is 5.92 Å². The largest absolute Gasteiger partial charge is 0.459 e. The highest BCUT2D eigenvalue weighted by Crippen LogP contribution is 2.39. The van der Waals surface area contributed by atoms with Crippen molar-refractivity contribution in [3.05, 3.63) is 0 Å². The number of hydrogen-bond acceptors (Lipinski definition) is 2. The fraction of sp³-hybridized carbons (Fsp3) is 0.923. The van der Waals surface area contributed by atoms with Crippen LogP contribution in [0.25, 0.3) is 0 Å².